The van der Waals surface area contributed by atoms with Gasteiger partial charge in [0.05, 0.1) is 11.4 Å². The van der Waals surface area contributed by atoms with Crippen LogP contribution >= 0.6 is 0 Å². The van der Waals surface area contributed by atoms with Crippen LogP contribution in [0.1, 0.15) is 12.5 Å². The molecule has 0 radical (unpaired) electrons. The summed E-state index contributed by atoms with van der Waals surface area (Å²) in [5.41, 5.74) is 6.08. The third-order valence-corrected chi connectivity index (χ3v) is 3.54. The van der Waals surface area contributed by atoms with Gasteiger partial charge in [-0.25, -0.2) is 0 Å². The van der Waals surface area contributed by atoms with Gasteiger partial charge in [0.2, 0.25) is 11.7 Å². The molecule has 134 valence electrons. The number of para-hydroxylation sites is 1. The van der Waals surface area contributed by atoms with Crippen LogP contribution in [-0.4, -0.2) is 11.7 Å². The fraction of sp³-hybridized carbons (Fsp3) is 0.0476. The SMILES string of the molecule is CC(=O)Nc1ccc(N=N/C(=N/Nc2ccccc2)c2ccccc2)cc1. The number of nitrogens with one attached hydrogen (secondary N) is 2. The first kappa shape index (κ1) is 18.0. The van der Waals surface area contributed by atoms with Crippen LogP contribution in [0, 0.1) is 0 Å². The first-order valence-electron chi connectivity index (χ1n) is 8.44. The minimum atomic E-state index is -0.116. The summed E-state index contributed by atoms with van der Waals surface area (Å²) in [4.78, 5) is 11.1. The van der Waals surface area contributed by atoms with Crippen LogP contribution in [-0.2, 0) is 4.79 Å². The van der Waals surface area contributed by atoms with Crippen LogP contribution in [0.3, 0.4) is 0 Å². The highest BCUT2D eigenvalue weighted by atomic mass is 16.1. The van der Waals surface area contributed by atoms with Gasteiger partial charge in [0.1, 0.15) is 0 Å². The van der Waals surface area contributed by atoms with Gasteiger partial charge in [-0.05, 0) is 36.4 Å². The van der Waals surface area contributed by atoms with Gasteiger partial charge in [0.15, 0.2) is 0 Å². The van der Waals surface area contributed by atoms with Gasteiger partial charge in [0, 0.05) is 18.2 Å². The highest BCUT2D eigenvalue weighted by Crippen LogP contribution is 2.17. The lowest BCUT2D eigenvalue weighted by molar-refractivity contribution is -0.114. The van der Waals surface area contributed by atoms with Crippen molar-refractivity contribution in [2.45, 2.75) is 6.92 Å². The number of hydrogen-bond acceptors (Lipinski definition) is 4. The van der Waals surface area contributed by atoms with Crippen molar-refractivity contribution in [3.8, 4) is 0 Å². The first-order valence-corrected chi connectivity index (χ1v) is 8.44. The number of hydrazone groups is 1. The number of amidine groups is 1. The molecular formula is C21H19N5O. The molecule has 0 bridgehead atoms. The Morgan fingerprint density at radius 3 is 2.04 bits per heavy atom. The molecule has 6 heteroatoms. The van der Waals surface area contributed by atoms with Crippen molar-refractivity contribution >= 4 is 28.8 Å². The van der Waals surface area contributed by atoms with Crippen LogP contribution in [0.4, 0.5) is 17.1 Å². The van der Waals surface area contributed by atoms with Crippen molar-refractivity contribution < 1.29 is 4.79 Å². The Morgan fingerprint density at radius 2 is 1.41 bits per heavy atom. The van der Waals surface area contributed by atoms with E-state index in [4.69, 9.17) is 0 Å². The molecule has 0 heterocycles. The maximum absolute atomic E-state index is 11.1. The number of amides is 1. The lowest BCUT2D eigenvalue weighted by atomic mass is 10.2. The average molecular weight is 357 g/mol. The maximum atomic E-state index is 11.1. The third-order valence-electron chi connectivity index (χ3n) is 3.54. The van der Waals surface area contributed by atoms with E-state index >= 15 is 0 Å². The first-order chi connectivity index (χ1) is 13.2. The fourth-order valence-corrected chi connectivity index (χ4v) is 2.28. The van der Waals surface area contributed by atoms with E-state index in [0.717, 1.165) is 11.3 Å². The molecule has 0 atom stereocenters. The van der Waals surface area contributed by atoms with Crippen molar-refractivity contribution in [2.75, 3.05) is 10.7 Å². The van der Waals surface area contributed by atoms with E-state index in [1.165, 1.54) is 6.92 Å². The third kappa shape index (κ3) is 5.61. The van der Waals surface area contributed by atoms with Gasteiger partial charge in [-0.3, -0.25) is 10.2 Å². The molecule has 6 nitrogen and oxygen atoms in total. The Labute approximate surface area is 157 Å². The van der Waals surface area contributed by atoms with Gasteiger partial charge in [-0.2, -0.15) is 5.10 Å². The maximum Gasteiger partial charge on any atom is 0.221 e. The summed E-state index contributed by atoms with van der Waals surface area (Å²) in [6.45, 7) is 1.47. The molecule has 3 rings (SSSR count). The minimum Gasteiger partial charge on any atom is -0.326 e. The second-order valence-electron chi connectivity index (χ2n) is 5.71. The monoisotopic (exact) mass is 357 g/mol. The fourth-order valence-electron chi connectivity index (χ4n) is 2.28. The van der Waals surface area contributed by atoms with E-state index < -0.39 is 0 Å². The highest BCUT2D eigenvalue weighted by Gasteiger charge is 2.03. The molecular weight excluding hydrogens is 338 g/mol. The van der Waals surface area contributed by atoms with Crippen LogP contribution in [0.5, 0.6) is 0 Å². The summed E-state index contributed by atoms with van der Waals surface area (Å²) < 4.78 is 0. The summed E-state index contributed by atoms with van der Waals surface area (Å²) in [6, 6.07) is 26.4. The molecule has 0 fully saturated rings. The molecule has 0 saturated carbocycles. The largest absolute Gasteiger partial charge is 0.326 e. The molecule has 0 saturated heterocycles. The lowest BCUT2D eigenvalue weighted by Gasteiger charge is -2.04. The van der Waals surface area contributed by atoms with Crippen molar-refractivity contribution in [1.29, 1.82) is 0 Å². The molecule has 0 aromatic heterocycles. The normalized spacial score (nSPS) is 11.4. The molecule has 1 amide bonds. The molecule has 0 aliphatic heterocycles. The van der Waals surface area contributed by atoms with E-state index in [0.29, 0.717) is 17.2 Å². The summed E-state index contributed by atoms with van der Waals surface area (Å²) in [7, 11) is 0. The molecule has 0 spiro atoms. The van der Waals surface area contributed by atoms with E-state index in [-0.39, 0.29) is 5.91 Å². The topological polar surface area (TPSA) is 78.2 Å². The number of carbonyl (C=O) groups is 1. The van der Waals surface area contributed by atoms with Gasteiger partial charge in [0.25, 0.3) is 0 Å². The van der Waals surface area contributed by atoms with E-state index in [2.05, 4.69) is 26.1 Å². The zero-order valence-electron chi connectivity index (χ0n) is 14.8. The Balaban J connectivity index is 1.80. The Hall–Kier alpha value is -3.80. The van der Waals surface area contributed by atoms with Crippen molar-refractivity contribution in [3.63, 3.8) is 0 Å². The molecule has 2 N–H and O–H groups in total. The molecule has 27 heavy (non-hydrogen) atoms. The Bertz CT molecular complexity index is 935. The summed E-state index contributed by atoms with van der Waals surface area (Å²) in [5.74, 6) is 0.347. The standard InChI is InChI=1S/C21H19N5O/c1-16(27)22-18-12-14-20(15-13-18)24-26-21(17-8-4-2-5-9-17)25-23-19-10-6-3-7-11-19/h2-15,23H,1H3,(H,22,27)/b25-21+,26-24?. The summed E-state index contributed by atoms with van der Waals surface area (Å²) in [5, 5.41) is 15.7. The second-order valence-corrected chi connectivity index (χ2v) is 5.71. The molecule has 0 unspecified atom stereocenters. The van der Waals surface area contributed by atoms with Crippen LogP contribution in [0.25, 0.3) is 0 Å². The summed E-state index contributed by atoms with van der Waals surface area (Å²) >= 11 is 0. The number of nitrogens with zero attached hydrogens (tertiary/aromatic N) is 3. The predicted octanol–water partition coefficient (Wildman–Crippen LogP) is 5.20. The van der Waals surface area contributed by atoms with Gasteiger partial charge in [-0.1, -0.05) is 48.5 Å². The Kier molecular flexibility index (Phi) is 6.04. The second kappa shape index (κ2) is 9.05. The number of carbonyl (C=O) groups excluding carboxylic acids is 1. The number of azo groups is 1. The number of hydrogen-bond donors (Lipinski definition) is 2. The van der Waals surface area contributed by atoms with E-state index in [9.17, 15) is 4.79 Å². The van der Waals surface area contributed by atoms with E-state index in [1.54, 1.807) is 24.3 Å². The van der Waals surface area contributed by atoms with Crippen molar-refractivity contribution in [1.82, 2.24) is 0 Å². The molecule has 0 aliphatic carbocycles. The smallest absolute Gasteiger partial charge is 0.221 e. The van der Waals surface area contributed by atoms with Crippen LogP contribution < -0.4 is 10.7 Å². The summed E-state index contributed by atoms with van der Waals surface area (Å²) in [6.07, 6.45) is 0. The van der Waals surface area contributed by atoms with E-state index in [1.807, 2.05) is 60.7 Å². The predicted molar refractivity (Wildman–Crippen MR) is 108 cm³/mol. The zero-order valence-corrected chi connectivity index (χ0v) is 14.8. The quantitative estimate of drug-likeness (QED) is 0.285. The zero-order chi connectivity index (χ0) is 18.9. The number of anilines is 2. The lowest BCUT2D eigenvalue weighted by Crippen LogP contribution is -2.04. The molecule has 0 aliphatic rings. The molecule has 3 aromatic rings. The number of benzene rings is 3. The van der Waals surface area contributed by atoms with Crippen molar-refractivity contribution in [3.05, 3.63) is 90.5 Å². The number of rotatable bonds is 5. The van der Waals surface area contributed by atoms with Gasteiger partial charge >= 0.3 is 0 Å². The van der Waals surface area contributed by atoms with Crippen molar-refractivity contribution in [2.24, 2.45) is 15.3 Å². The highest BCUT2D eigenvalue weighted by molar-refractivity contribution is 5.99. The van der Waals surface area contributed by atoms with Gasteiger partial charge in [-0.15, -0.1) is 10.2 Å². The van der Waals surface area contributed by atoms with Gasteiger partial charge < -0.3 is 5.32 Å². The van der Waals surface area contributed by atoms with Crippen LogP contribution in [0.15, 0.2) is 100 Å². The average Bonchev–Trinajstić information content (AvgIpc) is 2.70. The Morgan fingerprint density at radius 1 is 0.778 bits per heavy atom. The molecule has 3 aromatic carbocycles. The van der Waals surface area contributed by atoms with Crippen LogP contribution in [0.2, 0.25) is 0 Å². The minimum absolute atomic E-state index is 0.116.